The van der Waals surface area contributed by atoms with Crippen molar-refractivity contribution in [3.63, 3.8) is 0 Å². The van der Waals surface area contributed by atoms with Crippen molar-refractivity contribution in [1.29, 1.82) is 0 Å². The minimum absolute atomic E-state index is 0.00858. The molecule has 2 atom stereocenters. The lowest BCUT2D eigenvalue weighted by molar-refractivity contribution is 0.0281. The number of rotatable bonds is 13. The first-order valence-electron chi connectivity index (χ1n) is 16.6. The van der Waals surface area contributed by atoms with Crippen LogP contribution in [0.5, 0.6) is 11.5 Å². The highest BCUT2D eigenvalue weighted by atomic mass is 16.6. The van der Waals surface area contributed by atoms with Crippen molar-refractivity contribution < 1.29 is 33.3 Å². The van der Waals surface area contributed by atoms with Crippen LogP contribution >= 0.6 is 0 Å². The molecule has 11 nitrogen and oxygen atoms in total. The third-order valence-corrected chi connectivity index (χ3v) is 8.75. The third kappa shape index (κ3) is 9.40. The quantitative estimate of drug-likeness (QED) is 0.279. The SMILES string of the molecule is COCCCOc1cc(C(=O)N(CC2CN(C(=O)OC(C)(C)C)CC2CN(C(=O)N2CCCC2)C2CC2)C(C)C)ccc1OC. The molecule has 0 aromatic heterocycles. The second-order valence-electron chi connectivity index (χ2n) is 13.9. The number of carbonyl (C=O) groups is 3. The van der Waals surface area contributed by atoms with E-state index >= 15 is 0 Å². The highest BCUT2D eigenvalue weighted by Gasteiger charge is 2.44. The van der Waals surface area contributed by atoms with Gasteiger partial charge in [0.15, 0.2) is 11.5 Å². The molecule has 4 rings (SSSR count). The molecule has 4 amide bonds. The van der Waals surface area contributed by atoms with Gasteiger partial charge in [0.2, 0.25) is 0 Å². The maximum absolute atomic E-state index is 14.1. The molecule has 3 fully saturated rings. The zero-order valence-electron chi connectivity index (χ0n) is 28.4. The molecular formula is C34H54N4O7. The molecule has 45 heavy (non-hydrogen) atoms. The number of likely N-dealkylation sites (tertiary alicyclic amines) is 2. The molecule has 3 aliphatic rings. The Morgan fingerprint density at radius 3 is 2.18 bits per heavy atom. The summed E-state index contributed by atoms with van der Waals surface area (Å²) in [6.07, 6.45) is 4.46. The predicted molar refractivity (Wildman–Crippen MR) is 172 cm³/mol. The van der Waals surface area contributed by atoms with Crippen LogP contribution in [0.4, 0.5) is 9.59 Å². The summed E-state index contributed by atoms with van der Waals surface area (Å²) in [7, 11) is 3.23. The molecule has 2 heterocycles. The van der Waals surface area contributed by atoms with Gasteiger partial charge in [-0.3, -0.25) is 4.79 Å². The fraction of sp³-hybridized carbons (Fsp3) is 0.735. The van der Waals surface area contributed by atoms with Gasteiger partial charge in [-0.05, 0) is 78.5 Å². The largest absolute Gasteiger partial charge is 0.493 e. The average molecular weight is 631 g/mol. The van der Waals surface area contributed by atoms with E-state index in [0.717, 1.165) is 38.8 Å². The Morgan fingerprint density at radius 2 is 1.60 bits per heavy atom. The summed E-state index contributed by atoms with van der Waals surface area (Å²) in [5.74, 6) is 0.940. The smallest absolute Gasteiger partial charge is 0.410 e. The lowest BCUT2D eigenvalue weighted by atomic mass is 9.94. The van der Waals surface area contributed by atoms with Crippen LogP contribution < -0.4 is 9.47 Å². The van der Waals surface area contributed by atoms with E-state index in [1.165, 1.54) is 0 Å². The van der Waals surface area contributed by atoms with E-state index in [2.05, 4.69) is 0 Å². The van der Waals surface area contributed by atoms with Gasteiger partial charge in [-0.2, -0.15) is 0 Å². The number of ether oxygens (including phenoxy) is 4. The Kier molecular flexibility index (Phi) is 11.8. The fourth-order valence-corrected chi connectivity index (χ4v) is 6.19. The maximum Gasteiger partial charge on any atom is 0.410 e. The van der Waals surface area contributed by atoms with Crippen LogP contribution in [0.25, 0.3) is 0 Å². The predicted octanol–water partition coefficient (Wildman–Crippen LogP) is 5.12. The Hall–Kier alpha value is -3.21. The van der Waals surface area contributed by atoms with Gasteiger partial charge in [0.05, 0.1) is 13.7 Å². The summed E-state index contributed by atoms with van der Waals surface area (Å²) in [6, 6.07) is 5.54. The zero-order chi connectivity index (χ0) is 32.7. The number of methoxy groups -OCH3 is 2. The van der Waals surface area contributed by atoms with Crippen molar-refractivity contribution >= 4 is 18.0 Å². The first-order chi connectivity index (χ1) is 21.4. The number of hydrogen-bond donors (Lipinski definition) is 0. The molecule has 0 radical (unpaired) electrons. The number of nitrogens with zero attached hydrogens (tertiary/aromatic N) is 4. The van der Waals surface area contributed by atoms with Gasteiger partial charge in [-0.1, -0.05) is 0 Å². The van der Waals surface area contributed by atoms with Crippen LogP contribution in [-0.2, 0) is 9.47 Å². The summed E-state index contributed by atoms with van der Waals surface area (Å²) in [6.45, 7) is 14.2. The Morgan fingerprint density at radius 1 is 0.933 bits per heavy atom. The van der Waals surface area contributed by atoms with Gasteiger partial charge in [0.1, 0.15) is 5.60 Å². The summed E-state index contributed by atoms with van der Waals surface area (Å²) < 4.78 is 22.3. The van der Waals surface area contributed by atoms with E-state index in [4.69, 9.17) is 18.9 Å². The Balaban J connectivity index is 1.55. The van der Waals surface area contributed by atoms with Crippen molar-refractivity contribution in [2.75, 3.05) is 66.7 Å². The molecule has 252 valence electrons. The minimum atomic E-state index is -0.617. The summed E-state index contributed by atoms with van der Waals surface area (Å²) in [4.78, 5) is 48.5. The Labute approximate surface area is 269 Å². The number of benzene rings is 1. The van der Waals surface area contributed by atoms with Crippen LogP contribution in [0.3, 0.4) is 0 Å². The van der Waals surface area contributed by atoms with Gasteiger partial charge in [-0.25, -0.2) is 9.59 Å². The van der Waals surface area contributed by atoms with E-state index in [1.54, 1.807) is 37.3 Å². The summed E-state index contributed by atoms with van der Waals surface area (Å²) in [5, 5.41) is 0. The lowest BCUT2D eigenvalue weighted by Crippen LogP contribution is -2.48. The third-order valence-electron chi connectivity index (χ3n) is 8.75. The summed E-state index contributed by atoms with van der Waals surface area (Å²) >= 11 is 0. The molecule has 2 unspecified atom stereocenters. The normalized spacial score (nSPS) is 20.0. The number of carbonyl (C=O) groups excluding carboxylic acids is 3. The van der Waals surface area contributed by atoms with E-state index in [1.807, 2.05) is 49.3 Å². The molecule has 11 heteroatoms. The molecule has 1 aromatic carbocycles. The molecule has 2 aliphatic heterocycles. The summed E-state index contributed by atoms with van der Waals surface area (Å²) in [5.41, 5.74) is -0.109. The number of hydrogen-bond acceptors (Lipinski definition) is 7. The van der Waals surface area contributed by atoms with Crippen molar-refractivity contribution in [2.45, 2.75) is 84.4 Å². The molecule has 0 N–H and O–H groups in total. The average Bonchev–Trinajstić information content (AvgIpc) is 3.51. The minimum Gasteiger partial charge on any atom is -0.493 e. The highest BCUT2D eigenvalue weighted by molar-refractivity contribution is 5.95. The van der Waals surface area contributed by atoms with E-state index in [0.29, 0.717) is 62.9 Å². The molecule has 0 spiro atoms. The Bertz CT molecular complexity index is 1160. The zero-order valence-corrected chi connectivity index (χ0v) is 28.4. The molecular weight excluding hydrogens is 576 g/mol. The van der Waals surface area contributed by atoms with Crippen LogP contribution in [-0.4, -0.2) is 122 Å². The fourth-order valence-electron chi connectivity index (χ4n) is 6.19. The van der Waals surface area contributed by atoms with Crippen molar-refractivity contribution in [3.05, 3.63) is 23.8 Å². The first-order valence-corrected chi connectivity index (χ1v) is 16.6. The van der Waals surface area contributed by atoms with E-state index < -0.39 is 5.60 Å². The lowest BCUT2D eigenvalue weighted by Gasteiger charge is -2.34. The second-order valence-corrected chi connectivity index (χ2v) is 13.9. The van der Waals surface area contributed by atoms with Gasteiger partial charge in [0.25, 0.3) is 5.91 Å². The number of urea groups is 1. The molecule has 1 saturated carbocycles. The molecule has 0 bridgehead atoms. The molecule has 1 aliphatic carbocycles. The maximum atomic E-state index is 14.1. The van der Waals surface area contributed by atoms with Gasteiger partial charge < -0.3 is 38.5 Å². The second kappa shape index (κ2) is 15.4. The first kappa shape index (κ1) is 34.7. The van der Waals surface area contributed by atoms with Crippen LogP contribution in [0.1, 0.15) is 77.1 Å². The topological polar surface area (TPSA) is 101 Å². The van der Waals surface area contributed by atoms with Gasteiger partial charge in [-0.15, -0.1) is 0 Å². The van der Waals surface area contributed by atoms with Crippen LogP contribution in [0, 0.1) is 11.8 Å². The van der Waals surface area contributed by atoms with Crippen molar-refractivity contribution in [1.82, 2.24) is 19.6 Å². The van der Waals surface area contributed by atoms with E-state index in [9.17, 15) is 14.4 Å². The monoisotopic (exact) mass is 630 g/mol. The molecule has 2 saturated heterocycles. The van der Waals surface area contributed by atoms with Gasteiger partial charge >= 0.3 is 12.1 Å². The standard InChI is InChI=1S/C34H54N4O7/c1-24(2)37(31(39)25-11-14-29(43-7)30(19-25)44-18-10-17-42-6)22-26-20-36(33(41)45-34(3,4)5)21-27(26)23-38(28-12-13-28)32(40)35-15-8-9-16-35/h11,14,19,24,26-28H,8-10,12-13,15-18,20-23H2,1-7H3. The van der Waals surface area contributed by atoms with Crippen molar-refractivity contribution in [3.8, 4) is 11.5 Å². The highest BCUT2D eigenvalue weighted by Crippen LogP contribution is 2.35. The van der Waals surface area contributed by atoms with Crippen LogP contribution in [0.2, 0.25) is 0 Å². The number of amides is 4. The van der Waals surface area contributed by atoms with Gasteiger partial charge in [0, 0.05) is 88.9 Å². The van der Waals surface area contributed by atoms with Crippen LogP contribution in [0.15, 0.2) is 18.2 Å². The van der Waals surface area contributed by atoms with E-state index in [-0.39, 0.29) is 42.0 Å². The van der Waals surface area contributed by atoms with Crippen molar-refractivity contribution in [2.24, 2.45) is 11.8 Å². The molecule has 1 aromatic rings.